The molecule has 1 fully saturated rings. The summed E-state index contributed by atoms with van der Waals surface area (Å²) >= 11 is 0. The van der Waals surface area contributed by atoms with Crippen LogP contribution in [0, 0.1) is 17.6 Å². The van der Waals surface area contributed by atoms with Crippen molar-refractivity contribution in [2.75, 3.05) is 7.11 Å². The summed E-state index contributed by atoms with van der Waals surface area (Å²) in [4.78, 5) is 0. The molecule has 0 spiro atoms. The van der Waals surface area contributed by atoms with E-state index in [1.807, 2.05) is 12.1 Å². The van der Waals surface area contributed by atoms with Gasteiger partial charge >= 0.3 is 0 Å². The number of ether oxygens (including phenoxy) is 1. The molecule has 1 saturated carbocycles. The van der Waals surface area contributed by atoms with E-state index in [0.29, 0.717) is 16.7 Å². The Labute approximate surface area is 196 Å². The van der Waals surface area contributed by atoms with E-state index in [-0.39, 0.29) is 5.75 Å². The van der Waals surface area contributed by atoms with E-state index in [1.165, 1.54) is 56.8 Å². The van der Waals surface area contributed by atoms with Gasteiger partial charge in [0.15, 0.2) is 11.6 Å². The van der Waals surface area contributed by atoms with E-state index >= 15 is 0 Å². The number of methoxy groups -OCH3 is 1. The van der Waals surface area contributed by atoms with Crippen LogP contribution in [0.15, 0.2) is 60.7 Å². The van der Waals surface area contributed by atoms with E-state index in [9.17, 15) is 8.78 Å². The molecule has 3 aromatic rings. The molecule has 4 rings (SSSR count). The van der Waals surface area contributed by atoms with Crippen LogP contribution in [0.2, 0.25) is 0 Å². The number of rotatable bonds is 8. The first-order chi connectivity index (χ1) is 16.1. The van der Waals surface area contributed by atoms with Crippen molar-refractivity contribution in [2.45, 2.75) is 64.2 Å². The quantitative estimate of drug-likeness (QED) is 0.314. The lowest BCUT2D eigenvalue weighted by atomic mass is 9.78. The molecule has 1 aliphatic rings. The van der Waals surface area contributed by atoms with Crippen molar-refractivity contribution in [3.63, 3.8) is 0 Å². The summed E-state index contributed by atoms with van der Waals surface area (Å²) in [6.45, 7) is 2.23. The highest BCUT2D eigenvalue weighted by Gasteiger charge is 2.20. The highest BCUT2D eigenvalue weighted by Crippen LogP contribution is 2.36. The van der Waals surface area contributed by atoms with Gasteiger partial charge in [-0.3, -0.25) is 0 Å². The summed E-state index contributed by atoms with van der Waals surface area (Å²) in [5.74, 6) is -0.400. The molecule has 0 atom stereocenters. The number of aryl methyl sites for hydroxylation is 2. The van der Waals surface area contributed by atoms with Gasteiger partial charge in [0.1, 0.15) is 0 Å². The minimum Gasteiger partial charge on any atom is -0.494 e. The molecule has 1 nitrogen and oxygen atoms in total. The molecular formula is C30H34F2O. The Balaban J connectivity index is 1.35. The molecule has 0 bridgehead atoms. The van der Waals surface area contributed by atoms with E-state index in [0.717, 1.165) is 24.3 Å². The Hall–Kier alpha value is -2.68. The number of allylic oxidation sites excluding steroid dienone is 2. The zero-order valence-corrected chi connectivity index (χ0v) is 19.7. The first-order valence-electron chi connectivity index (χ1n) is 12.3. The normalized spacial score (nSPS) is 18.8. The molecule has 0 amide bonds. The Kier molecular flexibility index (Phi) is 7.80. The molecule has 3 aromatic carbocycles. The van der Waals surface area contributed by atoms with Gasteiger partial charge < -0.3 is 4.74 Å². The van der Waals surface area contributed by atoms with E-state index in [2.05, 4.69) is 43.3 Å². The topological polar surface area (TPSA) is 9.23 Å². The van der Waals surface area contributed by atoms with Crippen LogP contribution in [0.5, 0.6) is 5.75 Å². The Morgan fingerprint density at radius 2 is 1.58 bits per heavy atom. The molecule has 0 saturated heterocycles. The summed E-state index contributed by atoms with van der Waals surface area (Å²) in [7, 11) is 1.35. The van der Waals surface area contributed by atoms with Gasteiger partial charge in [0, 0.05) is 5.39 Å². The smallest absolute Gasteiger partial charge is 0.201 e. The van der Waals surface area contributed by atoms with Crippen molar-refractivity contribution in [3.8, 4) is 5.75 Å². The van der Waals surface area contributed by atoms with Crippen molar-refractivity contribution < 1.29 is 13.5 Å². The number of benzene rings is 3. The van der Waals surface area contributed by atoms with Crippen LogP contribution in [0.4, 0.5) is 8.78 Å². The third-order valence-electron chi connectivity index (χ3n) is 7.06. The van der Waals surface area contributed by atoms with Crippen molar-refractivity contribution in [1.29, 1.82) is 0 Å². The van der Waals surface area contributed by atoms with Gasteiger partial charge in [0.05, 0.1) is 7.11 Å². The molecule has 0 heterocycles. The van der Waals surface area contributed by atoms with Crippen LogP contribution in [-0.2, 0) is 12.8 Å². The van der Waals surface area contributed by atoms with E-state index < -0.39 is 11.6 Å². The van der Waals surface area contributed by atoms with E-state index in [1.54, 1.807) is 12.1 Å². The van der Waals surface area contributed by atoms with Gasteiger partial charge in [-0.25, -0.2) is 4.39 Å². The molecule has 0 aliphatic heterocycles. The SMILES string of the molecule is CCC/C=C/C1CCC(c2ccc(CCc3ccc4cc(OC)c(F)c(F)c4c3)cc2)CC1. The lowest BCUT2D eigenvalue weighted by Gasteiger charge is -2.27. The highest BCUT2D eigenvalue weighted by atomic mass is 19.2. The fourth-order valence-corrected chi connectivity index (χ4v) is 5.00. The lowest BCUT2D eigenvalue weighted by molar-refractivity contribution is 0.374. The second kappa shape index (κ2) is 11.0. The molecule has 0 unspecified atom stereocenters. The average Bonchev–Trinajstić information content (AvgIpc) is 2.86. The fraction of sp³-hybridized carbons (Fsp3) is 0.400. The second-order valence-electron chi connectivity index (χ2n) is 9.33. The fourth-order valence-electron chi connectivity index (χ4n) is 5.00. The van der Waals surface area contributed by atoms with Gasteiger partial charge in [0.2, 0.25) is 5.82 Å². The van der Waals surface area contributed by atoms with Crippen LogP contribution in [-0.4, -0.2) is 7.11 Å². The predicted octanol–water partition coefficient (Wildman–Crippen LogP) is 8.54. The van der Waals surface area contributed by atoms with Gasteiger partial charge in [-0.15, -0.1) is 0 Å². The maximum absolute atomic E-state index is 14.5. The minimum absolute atomic E-state index is 0.0608. The minimum atomic E-state index is -0.927. The van der Waals surface area contributed by atoms with Crippen LogP contribution < -0.4 is 4.74 Å². The summed E-state index contributed by atoms with van der Waals surface area (Å²) in [5.41, 5.74) is 3.73. The standard InChI is InChI=1S/C30H34F2O/c1-3-4-5-6-21-9-14-24(15-10-21)25-16-11-22(12-17-25)7-8-23-13-18-26-20-28(33-2)30(32)29(31)27(26)19-23/h5-6,11-13,16-21,24H,3-4,7-10,14-15H2,1-2H3/b6-5+. The highest BCUT2D eigenvalue weighted by molar-refractivity contribution is 5.85. The number of hydrogen-bond acceptors (Lipinski definition) is 1. The first kappa shape index (κ1) is 23.5. The number of halogens is 2. The average molecular weight is 449 g/mol. The summed E-state index contributed by atoms with van der Waals surface area (Å²) in [6.07, 6.45) is 14.0. The number of hydrogen-bond donors (Lipinski definition) is 0. The molecule has 0 aromatic heterocycles. The largest absolute Gasteiger partial charge is 0.494 e. The van der Waals surface area contributed by atoms with Crippen molar-refractivity contribution in [2.24, 2.45) is 5.92 Å². The molecule has 3 heteroatoms. The monoisotopic (exact) mass is 448 g/mol. The maximum atomic E-state index is 14.5. The molecule has 33 heavy (non-hydrogen) atoms. The first-order valence-corrected chi connectivity index (χ1v) is 12.3. The summed E-state index contributed by atoms with van der Waals surface area (Å²) in [6, 6.07) is 16.2. The zero-order chi connectivity index (χ0) is 23.2. The third-order valence-corrected chi connectivity index (χ3v) is 7.06. The van der Waals surface area contributed by atoms with Crippen molar-refractivity contribution in [1.82, 2.24) is 0 Å². The van der Waals surface area contributed by atoms with Gasteiger partial charge in [0.25, 0.3) is 0 Å². The summed E-state index contributed by atoms with van der Waals surface area (Å²) in [5, 5.41) is 0.954. The van der Waals surface area contributed by atoms with E-state index in [4.69, 9.17) is 4.74 Å². The maximum Gasteiger partial charge on any atom is 0.201 e. The zero-order valence-electron chi connectivity index (χ0n) is 19.7. The Morgan fingerprint density at radius 1 is 0.879 bits per heavy atom. The van der Waals surface area contributed by atoms with Crippen LogP contribution in [0.3, 0.4) is 0 Å². The number of fused-ring (bicyclic) bond motifs is 1. The van der Waals surface area contributed by atoms with Crippen molar-refractivity contribution in [3.05, 3.63) is 89.0 Å². The Morgan fingerprint density at radius 3 is 2.27 bits per heavy atom. The van der Waals surface area contributed by atoms with Crippen LogP contribution in [0.25, 0.3) is 10.8 Å². The Bertz CT molecular complexity index is 1090. The molecule has 0 N–H and O–H groups in total. The van der Waals surface area contributed by atoms with Gasteiger partial charge in [-0.05, 0) is 91.0 Å². The van der Waals surface area contributed by atoms with Crippen molar-refractivity contribution >= 4 is 10.8 Å². The lowest BCUT2D eigenvalue weighted by Crippen LogP contribution is -2.11. The van der Waals surface area contributed by atoms with Crippen LogP contribution in [0.1, 0.15) is 68.1 Å². The third kappa shape index (κ3) is 5.63. The second-order valence-corrected chi connectivity index (χ2v) is 9.33. The molecule has 1 aliphatic carbocycles. The number of unbranched alkanes of at least 4 members (excludes halogenated alkanes) is 1. The predicted molar refractivity (Wildman–Crippen MR) is 133 cm³/mol. The summed E-state index contributed by atoms with van der Waals surface area (Å²) < 4.78 is 33.5. The molecule has 174 valence electrons. The van der Waals surface area contributed by atoms with Gasteiger partial charge in [-0.1, -0.05) is 61.9 Å². The molecular weight excluding hydrogens is 414 g/mol. The van der Waals surface area contributed by atoms with Crippen LogP contribution >= 0.6 is 0 Å². The molecule has 0 radical (unpaired) electrons. The van der Waals surface area contributed by atoms with Gasteiger partial charge in [-0.2, -0.15) is 4.39 Å².